The van der Waals surface area contributed by atoms with E-state index in [4.69, 9.17) is 0 Å². The average Bonchev–Trinajstić information content (AvgIpc) is 3.31. The van der Waals surface area contributed by atoms with Gasteiger partial charge in [0.05, 0.1) is 5.41 Å². The number of fused-ring (bicyclic) bond motifs is 1. The number of rotatable bonds is 2. The average molecular weight is 358 g/mol. The molecule has 4 aliphatic rings. The van der Waals surface area contributed by atoms with E-state index >= 15 is 0 Å². The fourth-order valence-corrected chi connectivity index (χ4v) is 5.58. The van der Waals surface area contributed by atoms with Crippen LogP contribution in [0.15, 0.2) is 35.6 Å². The first-order valence-corrected chi connectivity index (χ1v) is 8.83. The van der Waals surface area contributed by atoms with E-state index < -0.39 is 45.1 Å². The van der Waals surface area contributed by atoms with Gasteiger partial charge in [0, 0.05) is 28.4 Å². The molecule has 0 aromatic carbocycles. The molecule has 26 heavy (non-hydrogen) atoms. The summed E-state index contributed by atoms with van der Waals surface area (Å²) >= 11 is 0. The molecular weight excluding hydrogens is 336 g/mol. The third kappa shape index (κ3) is 1.60. The summed E-state index contributed by atoms with van der Waals surface area (Å²) in [6.07, 6.45) is 4.23. The van der Waals surface area contributed by atoms with Gasteiger partial charge in [-0.15, -0.1) is 6.58 Å². The van der Waals surface area contributed by atoms with Gasteiger partial charge in [0.1, 0.15) is 0 Å². The number of carboxylic acid groups (broad SMARTS) is 1. The van der Waals surface area contributed by atoms with Crippen LogP contribution >= 0.6 is 0 Å². The van der Waals surface area contributed by atoms with Crippen LogP contribution in [0.25, 0.3) is 0 Å². The van der Waals surface area contributed by atoms with Crippen molar-refractivity contribution in [3.05, 3.63) is 35.6 Å². The van der Waals surface area contributed by atoms with Crippen molar-refractivity contribution in [2.45, 2.75) is 45.1 Å². The highest BCUT2D eigenvalue weighted by Crippen LogP contribution is 2.77. The van der Waals surface area contributed by atoms with E-state index in [2.05, 4.69) is 6.58 Å². The van der Waals surface area contributed by atoms with Crippen LogP contribution in [0.3, 0.4) is 0 Å². The van der Waals surface area contributed by atoms with Crippen LogP contribution in [-0.2, 0) is 14.4 Å². The normalized spacial score (nSPS) is 46.7. The molecule has 0 aromatic heterocycles. The second-order valence-corrected chi connectivity index (χ2v) is 8.68. The van der Waals surface area contributed by atoms with Gasteiger partial charge in [0.25, 0.3) is 0 Å². The summed E-state index contributed by atoms with van der Waals surface area (Å²) in [5.41, 5.74) is -5.63. The van der Waals surface area contributed by atoms with Gasteiger partial charge in [-0.1, -0.05) is 19.1 Å². The molecule has 0 amide bonds. The molecule has 4 rings (SSSR count). The van der Waals surface area contributed by atoms with Gasteiger partial charge in [0.2, 0.25) is 5.78 Å². The third-order valence-electron chi connectivity index (χ3n) is 7.19. The molecule has 6 heteroatoms. The van der Waals surface area contributed by atoms with E-state index in [9.17, 15) is 29.7 Å². The Balaban J connectivity index is 2.06. The van der Waals surface area contributed by atoms with Gasteiger partial charge >= 0.3 is 5.97 Å². The molecule has 2 fully saturated rings. The molecule has 0 radical (unpaired) electrons. The molecule has 0 unspecified atom stereocenters. The Kier molecular flexibility index (Phi) is 3.01. The van der Waals surface area contributed by atoms with Gasteiger partial charge in [0.15, 0.2) is 17.1 Å². The Morgan fingerprint density at radius 1 is 1.35 bits per heavy atom. The molecule has 0 bridgehead atoms. The predicted molar refractivity (Wildman–Crippen MR) is 91.1 cm³/mol. The van der Waals surface area contributed by atoms with Gasteiger partial charge in [-0.25, -0.2) is 0 Å². The largest absolute Gasteiger partial charge is 0.504 e. The summed E-state index contributed by atoms with van der Waals surface area (Å²) in [4.78, 5) is 38.0. The lowest BCUT2D eigenvalue weighted by Gasteiger charge is -2.51. The van der Waals surface area contributed by atoms with Gasteiger partial charge in [-0.2, -0.15) is 0 Å². The van der Waals surface area contributed by atoms with E-state index in [-0.39, 0.29) is 29.9 Å². The number of Topliss-reactive ketones (excluding diaryl/α,β-unsaturated/α-hetero) is 2. The lowest BCUT2D eigenvalue weighted by Crippen LogP contribution is -2.62. The fraction of sp³-hybridized carbons (Fsp3) is 0.550. The number of allylic oxidation sites excluding steroid dienone is 3. The molecule has 6 nitrogen and oxygen atoms in total. The van der Waals surface area contributed by atoms with Crippen LogP contribution in [0.1, 0.15) is 39.5 Å². The number of ketones is 2. The maximum Gasteiger partial charge on any atom is 0.313 e. The van der Waals surface area contributed by atoms with Gasteiger partial charge in [-0.3, -0.25) is 14.4 Å². The molecule has 138 valence electrons. The molecule has 2 saturated carbocycles. The SMILES string of the molecule is C=C[C@@]1(C)C=C2C(=O)C(O)=C3[C@](C)(C(=O)O)CC[C@@H]4C[C@]34[C@]2(O)C(=O)C1. The summed E-state index contributed by atoms with van der Waals surface area (Å²) in [6, 6.07) is 0. The van der Waals surface area contributed by atoms with Crippen molar-refractivity contribution in [1.29, 1.82) is 0 Å². The number of aliphatic hydroxyl groups is 2. The first kappa shape index (κ1) is 17.2. The molecule has 0 saturated heterocycles. The minimum atomic E-state index is -2.07. The number of carboxylic acids is 1. The smallest absolute Gasteiger partial charge is 0.313 e. The number of carbonyl (C=O) groups is 3. The number of aliphatic carboxylic acids is 1. The highest BCUT2D eigenvalue weighted by atomic mass is 16.4. The van der Waals surface area contributed by atoms with E-state index in [0.29, 0.717) is 12.8 Å². The zero-order valence-electron chi connectivity index (χ0n) is 14.8. The summed E-state index contributed by atoms with van der Waals surface area (Å²) in [6.45, 7) is 6.90. The fourth-order valence-electron chi connectivity index (χ4n) is 5.58. The maximum atomic E-state index is 13.1. The molecular formula is C20H22O6. The highest BCUT2D eigenvalue weighted by molar-refractivity contribution is 6.18. The zero-order chi connectivity index (χ0) is 19.3. The first-order chi connectivity index (χ1) is 12.0. The van der Waals surface area contributed by atoms with Crippen molar-refractivity contribution < 1.29 is 29.7 Å². The molecule has 0 heterocycles. The maximum absolute atomic E-state index is 13.1. The number of hydrogen-bond acceptors (Lipinski definition) is 5. The number of carbonyl (C=O) groups excluding carboxylic acids is 2. The standard InChI is InChI=1S/C20H22O6/c1-4-17(2)8-11-13(22)14(23)15-18(3,16(24)25)6-5-10-7-19(10,15)20(11,26)12(21)9-17/h4,8,10,23,26H,1,5-7,9H2,2-3H3,(H,24,25)/t10-,17+,18-,19-,20-/m1/s1. The van der Waals surface area contributed by atoms with Crippen LogP contribution in [0.5, 0.6) is 0 Å². The lowest BCUT2D eigenvalue weighted by atomic mass is 9.52. The van der Waals surface area contributed by atoms with E-state index in [1.807, 2.05) is 0 Å². The quantitative estimate of drug-likeness (QED) is 0.652. The van der Waals surface area contributed by atoms with Crippen molar-refractivity contribution in [3.8, 4) is 0 Å². The van der Waals surface area contributed by atoms with Crippen molar-refractivity contribution >= 4 is 17.5 Å². The van der Waals surface area contributed by atoms with E-state index in [1.165, 1.54) is 13.0 Å². The third-order valence-corrected chi connectivity index (χ3v) is 7.19. The topological polar surface area (TPSA) is 112 Å². The molecule has 3 N–H and O–H groups in total. The van der Waals surface area contributed by atoms with Crippen LogP contribution < -0.4 is 0 Å². The Labute approximate surface area is 150 Å². The van der Waals surface area contributed by atoms with E-state index in [1.54, 1.807) is 13.0 Å². The van der Waals surface area contributed by atoms with Crippen molar-refractivity contribution in [2.75, 3.05) is 0 Å². The zero-order valence-corrected chi connectivity index (χ0v) is 14.8. The second-order valence-electron chi connectivity index (χ2n) is 8.68. The van der Waals surface area contributed by atoms with Crippen molar-refractivity contribution in [2.24, 2.45) is 22.2 Å². The molecule has 0 aliphatic heterocycles. The molecule has 5 atom stereocenters. The highest BCUT2D eigenvalue weighted by Gasteiger charge is 2.80. The molecule has 4 aliphatic carbocycles. The molecule has 1 spiro atoms. The van der Waals surface area contributed by atoms with Crippen LogP contribution in [0, 0.1) is 22.2 Å². The Hall–Kier alpha value is -2.21. The lowest BCUT2D eigenvalue weighted by molar-refractivity contribution is -0.155. The predicted octanol–water partition coefficient (Wildman–Crippen LogP) is 2.09. The molecule has 0 aromatic rings. The van der Waals surface area contributed by atoms with Gasteiger partial charge < -0.3 is 15.3 Å². The van der Waals surface area contributed by atoms with E-state index in [0.717, 1.165) is 0 Å². The van der Waals surface area contributed by atoms with Crippen LogP contribution in [0.4, 0.5) is 0 Å². The Bertz CT molecular complexity index is 866. The van der Waals surface area contributed by atoms with Crippen LogP contribution in [0.2, 0.25) is 0 Å². The Morgan fingerprint density at radius 3 is 2.58 bits per heavy atom. The summed E-state index contributed by atoms with van der Waals surface area (Å²) in [7, 11) is 0. The van der Waals surface area contributed by atoms with Gasteiger partial charge in [-0.05, 0) is 32.1 Å². The Morgan fingerprint density at radius 2 is 2.00 bits per heavy atom. The van der Waals surface area contributed by atoms with Crippen molar-refractivity contribution in [3.63, 3.8) is 0 Å². The number of hydrogen-bond donors (Lipinski definition) is 3. The minimum Gasteiger partial charge on any atom is -0.504 e. The van der Waals surface area contributed by atoms with Crippen LogP contribution in [-0.4, -0.2) is 38.5 Å². The summed E-state index contributed by atoms with van der Waals surface area (Å²) < 4.78 is 0. The second kappa shape index (κ2) is 4.55. The monoisotopic (exact) mass is 358 g/mol. The number of aliphatic hydroxyl groups excluding tert-OH is 1. The summed E-state index contributed by atoms with van der Waals surface area (Å²) in [5.74, 6) is -3.26. The first-order valence-electron chi connectivity index (χ1n) is 8.83. The summed E-state index contributed by atoms with van der Waals surface area (Å²) in [5, 5.41) is 32.1. The van der Waals surface area contributed by atoms with Crippen molar-refractivity contribution in [1.82, 2.24) is 0 Å². The minimum absolute atomic E-state index is 0.0178.